The van der Waals surface area contributed by atoms with Gasteiger partial charge in [-0.1, -0.05) is 35.9 Å². The van der Waals surface area contributed by atoms with Crippen molar-refractivity contribution in [2.75, 3.05) is 0 Å². The molecule has 0 aromatic heterocycles. The van der Waals surface area contributed by atoms with Gasteiger partial charge in [0.2, 0.25) is 5.91 Å². The van der Waals surface area contributed by atoms with Gasteiger partial charge in [0.05, 0.1) is 0 Å². The molecule has 1 rings (SSSR count). The first-order chi connectivity index (χ1) is 7.00. The van der Waals surface area contributed by atoms with E-state index in [1.807, 2.05) is 19.1 Å². The Morgan fingerprint density at radius 3 is 2.33 bits per heavy atom. The van der Waals surface area contributed by atoms with E-state index in [4.69, 9.17) is 17.3 Å². The first-order valence-electron chi connectivity index (χ1n) is 4.43. The zero-order valence-corrected chi connectivity index (χ0v) is 9.21. The van der Waals surface area contributed by atoms with Gasteiger partial charge in [0, 0.05) is 11.1 Å². The summed E-state index contributed by atoms with van der Waals surface area (Å²) in [6.45, 7) is 5.62. The van der Waals surface area contributed by atoms with E-state index in [0.29, 0.717) is 5.02 Å². The molecule has 0 aliphatic rings. The Kier molecular flexibility index (Phi) is 3.69. The average Bonchev–Trinajstić information content (AvgIpc) is 2.15. The molecule has 2 nitrogen and oxygen atoms in total. The SMILES string of the molecule is C=C(C)/C(=C\C(N)=O)c1ccc(Cl)cc1. The smallest absolute Gasteiger partial charge is 0.242 e. The Hall–Kier alpha value is -1.54. The number of halogens is 1. The molecule has 0 fully saturated rings. The number of carbonyl (C=O) groups excluding carboxylic acids is 1. The molecule has 0 radical (unpaired) electrons. The minimum absolute atomic E-state index is 0.483. The number of hydrogen-bond donors (Lipinski definition) is 1. The first kappa shape index (κ1) is 11.5. The van der Waals surface area contributed by atoms with Crippen LogP contribution in [0.4, 0.5) is 0 Å². The third kappa shape index (κ3) is 3.26. The van der Waals surface area contributed by atoms with Crippen LogP contribution in [-0.2, 0) is 4.79 Å². The van der Waals surface area contributed by atoms with Gasteiger partial charge in [-0.15, -0.1) is 0 Å². The van der Waals surface area contributed by atoms with Gasteiger partial charge in [-0.05, 0) is 30.2 Å². The number of carbonyl (C=O) groups is 1. The molecule has 0 atom stereocenters. The highest BCUT2D eigenvalue weighted by molar-refractivity contribution is 6.30. The highest BCUT2D eigenvalue weighted by Crippen LogP contribution is 2.22. The van der Waals surface area contributed by atoms with Crippen LogP contribution in [0.5, 0.6) is 0 Å². The summed E-state index contributed by atoms with van der Waals surface area (Å²) in [7, 11) is 0. The van der Waals surface area contributed by atoms with Gasteiger partial charge in [-0.25, -0.2) is 0 Å². The molecule has 3 heteroatoms. The number of benzene rings is 1. The van der Waals surface area contributed by atoms with Crippen LogP contribution >= 0.6 is 11.6 Å². The quantitative estimate of drug-likeness (QED) is 0.619. The lowest BCUT2D eigenvalue weighted by Crippen LogP contribution is -2.07. The summed E-state index contributed by atoms with van der Waals surface area (Å²) in [4.78, 5) is 10.8. The van der Waals surface area contributed by atoms with Gasteiger partial charge in [0.25, 0.3) is 0 Å². The second-order valence-electron chi connectivity index (χ2n) is 3.25. The number of amides is 1. The molecule has 0 saturated heterocycles. The Bertz CT molecular complexity index is 418. The average molecular weight is 222 g/mol. The van der Waals surface area contributed by atoms with Crippen molar-refractivity contribution >= 4 is 23.1 Å². The monoisotopic (exact) mass is 221 g/mol. The summed E-state index contributed by atoms with van der Waals surface area (Å²) in [6.07, 6.45) is 1.37. The minimum Gasteiger partial charge on any atom is -0.366 e. The van der Waals surface area contributed by atoms with Crippen molar-refractivity contribution in [1.82, 2.24) is 0 Å². The largest absolute Gasteiger partial charge is 0.366 e. The van der Waals surface area contributed by atoms with Gasteiger partial charge in [-0.3, -0.25) is 4.79 Å². The predicted octanol–water partition coefficient (Wildman–Crippen LogP) is 2.78. The normalized spacial score (nSPS) is 11.2. The van der Waals surface area contributed by atoms with E-state index in [1.54, 1.807) is 12.1 Å². The maximum absolute atomic E-state index is 10.8. The molecule has 2 N–H and O–H groups in total. The van der Waals surface area contributed by atoms with Gasteiger partial charge in [0.15, 0.2) is 0 Å². The van der Waals surface area contributed by atoms with E-state index >= 15 is 0 Å². The molecule has 0 aliphatic heterocycles. The Labute approximate surface area is 94.0 Å². The highest BCUT2D eigenvalue weighted by Gasteiger charge is 2.03. The van der Waals surface area contributed by atoms with Crippen LogP contribution < -0.4 is 5.73 Å². The Morgan fingerprint density at radius 1 is 1.40 bits per heavy atom. The van der Waals surface area contributed by atoms with Crippen molar-refractivity contribution in [3.8, 4) is 0 Å². The van der Waals surface area contributed by atoms with Crippen LogP contribution in [-0.4, -0.2) is 5.91 Å². The fourth-order valence-electron chi connectivity index (χ4n) is 1.22. The molecule has 0 bridgehead atoms. The molecule has 1 aromatic carbocycles. The maximum atomic E-state index is 10.8. The summed E-state index contributed by atoms with van der Waals surface area (Å²) in [6, 6.07) is 7.17. The van der Waals surface area contributed by atoms with Crippen LogP contribution in [0, 0.1) is 0 Å². The number of nitrogens with two attached hydrogens (primary N) is 1. The molecule has 15 heavy (non-hydrogen) atoms. The summed E-state index contributed by atoms with van der Waals surface area (Å²) in [5, 5.41) is 0.652. The number of rotatable bonds is 3. The van der Waals surface area contributed by atoms with E-state index in [-0.39, 0.29) is 0 Å². The van der Waals surface area contributed by atoms with Crippen molar-refractivity contribution in [2.45, 2.75) is 6.92 Å². The third-order valence-electron chi connectivity index (χ3n) is 1.90. The molecule has 0 heterocycles. The van der Waals surface area contributed by atoms with Crippen LogP contribution in [0.2, 0.25) is 5.02 Å². The first-order valence-corrected chi connectivity index (χ1v) is 4.81. The van der Waals surface area contributed by atoms with E-state index in [0.717, 1.165) is 16.7 Å². The molecular formula is C12H12ClNO. The Morgan fingerprint density at radius 2 is 1.93 bits per heavy atom. The summed E-state index contributed by atoms with van der Waals surface area (Å²) < 4.78 is 0. The van der Waals surface area contributed by atoms with Gasteiger partial charge >= 0.3 is 0 Å². The van der Waals surface area contributed by atoms with Crippen LogP contribution in [0.25, 0.3) is 5.57 Å². The number of hydrogen-bond acceptors (Lipinski definition) is 1. The fourth-order valence-corrected chi connectivity index (χ4v) is 1.35. The molecular weight excluding hydrogens is 210 g/mol. The topological polar surface area (TPSA) is 43.1 Å². The third-order valence-corrected chi connectivity index (χ3v) is 2.15. The predicted molar refractivity (Wildman–Crippen MR) is 63.4 cm³/mol. The lowest BCUT2D eigenvalue weighted by atomic mass is 10.00. The van der Waals surface area contributed by atoms with Crippen LogP contribution in [0.15, 0.2) is 42.5 Å². The molecule has 1 amide bonds. The lowest BCUT2D eigenvalue weighted by molar-refractivity contribution is -0.113. The summed E-state index contributed by atoms with van der Waals surface area (Å²) in [5.74, 6) is -0.483. The molecule has 0 spiro atoms. The second-order valence-corrected chi connectivity index (χ2v) is 3.68. The standard InChI is InChI=1S/C12H12ClNO/c1-8(2)11(7-12(14)15)9-3-5-10(13)6-4-9/h3-7H,1H2,2H3,(H2,14,15)/b11-7+. The van der Waals surface area contributed by atoms with Crippen molar-refractivity contribution in [3.05, 3.63) is 53.1 Å². The molecule has 0 aliphatic carbocycles. The van der Waals surface area contributed by atoms with E-state index in [9.17, 15) is 4.79 Å². The minimum atomic E-state index is -0.483. The van der Waals surface area contributed by atoms with Crippen molar-refractivity contribution < 1.29 is 4.79 Å². The lowest BCUT2D eigenvalue weighted by Gasteiger charge is -2.06. The molecule has 0 unspecified atom stereocenters. The summed E-state index contributed by atoms with van der Waals surface area (Å²) >= 11 is 5.77. The molecule has 1 aromatic rings. The second kappa shape index (κ2) is 4.80. The van der Waals surface area contributed by atoms with Gasteiger partial charge in [0.1, 0.15) is 0 Å². The van der Waals surface area contributed by atoms with Crippen molar-refractivity contribution in [3.63, 3.8) is 0 Å². The van der Waals surface area contributed by atoms with Gasteiger partial charge < -0.3 is 5.73 Å². The van der Waals surface area contributed by atoms with Crippen molar-refractivity contribution in [2.24, 2.45) is 5.73 Å². The zero-order chi connectivity index (χ0) is 11.4. The van der Waals surface area contributed by atoms with E-state index in [1.165, 1.54) is 6.08 Å². The Balaban J connectivity index is 3.16. The number of allylic oxidation sites excluding steroid dienone is 2. The fraction of sp³-hybridized carbons (Fsp3) is 0.0833. The summed E-state index contributed by atoms with van der Waals surface area (Å²) in [5.41, 5.74) is 7.52. The van der Waals surface area contributed by atoms with E-state index in [2.05, 4.69) is 6.58 Å². The molecule has 78 valence electrons. The van der Waals surface area contributed by atoms with E-state index < -0.39 is 5.91 Å². The van der Waals surface area contributed by atoms with Crippen LogP contribution in [0.3, 0.4) is 0 Å². The highest BCUT2D eigenvalue weighted by atomic mass is 35.5. The van der Waals surface area contributed by atoms with Crippen molar-refractivity contribution in [1.29, 1.82) is 0 Å². The zero-order valence-electron chi connectivity index (χ0n) is 8.46. The maximum Gasteiger partial charge on any atom is 0.242 e. The number of primary amides is 1. The molecule has 0 saturated carbocycles. The van der Waals surface area contributed by atoms with Gasteiger partial charge in [-0.2, -0.15) is 0 Å². The van der Waals surface area contributed by atoms with Crippen LogP contribution in [0.1, 0.15) is 12.5 Å².